The fraction of sp³-hybridized carbons (Fsp3) is 0. The van der Waals surface area contributed by atoms with Crippen LogP contribution >= 0.6 is 0 Å². The molecule has 0 spiro atoms. The number of rotatable bonds is 7. The zero-order chi connectivity index (χ0) is 42.1. The first kappa shape index (κ1) is 35.9. The lowest BCUT2D eigenvalue weighted by molar-refractivity contribution is 0.668. The normalized spacial score (nSPS) is 11.8. The Bertz CT molecular complexity index is 3790. The summed E-state index contributed by atoms with van der Waals surface area (Å²) in [6.07, 6.45) is 0. The molecule has 0 amide bonds. The monoisotopic (exact) mass is 822 g/mol. The molecule has 0 atom stereocenters. The Morgan fingerprint density at radius 1 is 0.312 bits per heavy atom. The summed E-state index contributed by atoms with van der Waals surface area (Å²) < 4.78 is 19.6. The summed E-state index contributed by atoms with van der Waals surface area (Å²) in [5.74, 6) is 1.74. The van der Waals surface area contributed by atoms with Crippen LogP contribution in [0.15, 0.2) is 220 Å². The van der Waals surface area contributed by atoms with E-state index in [-0.39, 0.29) is 0 Å². The van der Waals surface area contributed by atoms with E-state index >= 15 is 0 Å². The van der Waals surface area contributed by atoms with Crippen LogP contribution in [0, 0.1) is 0 Å². The zero-order valence-corrected chi connectivity index (χ0v) is 34.1. The Hall–Kier alpha value is -8.81. The van der Waals surface area contributed by atoms with Gasteiger partial charge in [0.25, 0.3) is 0 Å². The van der Waals surface area contributed by atoms with Crippen molar-refractivity contribution in [2.75, 3.05) is 4.90 Å². The molecule has 13 aromatic rings. The first-order valence-corrected chi connectivity index (χ1v) is 21.2. The van der Waals surface area contributed by atoms with Crippen molar-refractivity contribution in [3.05, 3.63) is 206 Å². The van der Waals surface area contributed by atoms with E-state index < -0.39 is 0 Å². The Balaban J connectivity index is 1.01. The number of hydrogen-bond acceptors (Lipinski definition) is 7. The number of para-hydroxylation sites is 3. The van der Waals surface area contributed by atoms with E-state index in [1.807, 2.05) is 84.9 Å². The van der Waals surface area contributed by atoms with Gasteiger partial charge in [-0.1, -0.05) is 146 Å². The minimum absolute atomic E-state index is 0.557. The van der Waals surface area contributed by atoms with Crippen LogP contribution in [-0.4, -0.2) is 15.0 Å². The molecule has 0 saturated heterocycles. The Morgan fingerprint density at radius 3 is 1.42 bits per heavy atom. The van der Waals surface area contributed by atoms with Crippen molar-refractivity contribution in [3.63, 3.8) is 0 Å². The van der Waals surface area contributed by atoms with Crippen molar-refractivity contribution in [1.29, 1.82) is 0 Å². The van der Waals surface area contributed by atoms with Gasteiger partial charge >= 0.3 is 0 Å². The van der Waals surface area contributed by atoms with Crippen molar-refractivity contribution in [2.24, 2.45) is 0 Å². The Kier molecular flexibility index (Phi) is 8.08. The third kappa shape index (κ3) is 5.86. The second-order valence-corrected chi connectivity index (χ2v) is 15.9. The van der Waals surface area contributed by atoms with Crippen LogP contribution in [0.25, 0.3) is 111 Å². The molecule has 9 aromatic carbocycles. The second-order valence-electron chi connectivity index (χ2n) is 15.9. The molecule has 0 radical (unpaired) electrons. The van der Waals surface area contributed by atoms with Gasteiger partial charge in [0.15, 0.2) is 23.1 Å². The van der Waals surface area contributed by atoms with Crippen LogP contribution in [0.2, 0.25) is 0 Å². The van der Waals surface area contributed by atoms with Crippen molar-refractivity contribution in [2.45, 2.75) is 0 Å². The molecule has 7 nitrogen and oxygen atoms in total. The first-order chi connectivity index (χ1) is 31.7. The number of aromatic nitrogens is 3. The summed E-state index contributed by atoms with van der Waals surface area (Å²) in [5.41, 5.74) is 12.5. The number of fused-ring (bicyclic) bond motifs is 9. The van der Waals surface area contributed by atoms with Gasteiger partial charge in [0, 0.05) is 60.4 Å². The highest BCUT2D eigenvalue weighted by molar-refractivity contribution is 6.16. The zero-order valence-electron chi connectivity index (χ0n) is 34.1. The molecule has 0 aliphatic rings. The largest absolute Gasteiger partial charge is 0.456 e. The third-order valence-electron chi connectivity index (χ3n) is 12.1. The lowest BCUT2D eigenvalue weighted by Crippen LogP contribution is -2.10. The molecule has 0 aliphatic heterocycles. The van der Waals surface area contributed by atoms with Crippen LogP contribution < -0.4 is 4.90 Å². The standard InChI is InChI=1S/C57H34N4O3/c1-3-13-35(14-4-1)36-25-27-38(28-26-36)56-58-55(37-15-5-2-6-16-37)59-57(60-56)44-20-12-24-52-53(44)43-19-11-21-47(54(43)64-52)61(39-29-31-50-45(33-39)41-17-7-9-22-48(41)62-50)40-30-32-51-46(34-40)42-18-8-10-23-49(42)63-51/h1-34H. The van der Waals surface area contributed by atoms with Gasteiger partial charge in [0.2, 0.25) is 0 Å². The molecule has 0 N–H and O–H groups in total. The lowest BCUT2D eigenvalue weighted by atomic mass is 10.0. The smallest absolute Gasteiger partial charge is 0.164 e. The average Bonchev–Trinajstić information content (AvgIpc) is 4.06. The second kappa shape index (κ2) is 14.4. The highest BCUT2D eigenvalue weighted by atomic mass is 16.3. The Morgan fingerprint density at radius 2 is 0.781 bits per heavy atom. The van der Waals surface area contributed by atoms with Crippen LogP contribution in [0.1, 0.15) is 0 Å². The first-order valence-electron chi connectivity index (χ1n) is 21.2. The maximum atomic E-state index is 6.99. The van der Waals surface area contributed by atoms with E-state index in [0.29, 0.717) is 17.5 Å². The maximum Gasteiger partial charge on any atom is 0.164 e. The number of benzene rings is 9. The minimum Gasteiger partial charge on any atom is -0.456 e. The minimum atomic E-state index is 0.557. The fourth-order valence-electron chi connectivity index (χ4n) is 9.11. The van der Waals surface area contributed by atoms with Crippen LogP contribution in [0.5, 0.6) is 0 Å². The van der Waals surface area contributed by atoms with E-state index in [1.165, 1.54) is 0 Å². The van der Waals surface area contributed by atoms with E-state index in [0.717, 1.165) is 111 Å². The van der Waals surface area contributed by atoms with Crippen molar-refractivity contribution in [3.8, 4) is 45.3 Å². The van der Waals surface area contributed by atoms with Crippen LogP contribution in [0.4, 0.5) is 17.1 Å². The average molecular weight is 823 g/mol. The molecule has 0 saturated carbocycles. The van der Waals surface area contributed by atoms with Crippen LogP contribution in [0.3, 0.4) is 0 Å². The summed E-state index contributed by atoms with van der Waals surface area (Å²) in [5, 5.41) is 6.03. The number of nitrogens with zero attached hydrogens (tertiary/aromatic N) is 4. The number of hydrogen-bond donors (Lipinski definition) is 0. The maximum absolute atomic E-state index is 6.99. The van der Waals surface area contributed by atoms with E-state index in [1.54, 1.807) is 0 Å². The molecule has 0 aliphatic carbocycles. The highest BCUT2D eigenvalue weighted by Gasteiger charge is 2.24. The van der Waals surface area contributed by atoms with Gasteiger partial charge in [-0.05, 0) is 71.8 Å². The molecule has 0 bridgehead atoms. The number of furan rings is 3. The SMILES string of the molecule is c1ccc(-c2ccc(-c3nc(-c4ccccc4)nc(-c4cccc5oc6c(N(c7ccc8oc9ccccc9c8c7)c7ccc8oc9ccccc9c8c7)cccc6c45)n3)cc2)cc1. The molecule has 13 rings (SSSR count). The predicted molar refractivity (Wildman–Crippen MR) is 258 cm³/mol. The third-order valence-corrected chi connectivity index (χ3v) is 12.1. The number of anilines is 3. The van der Waals surface area contributed by atoms with Crippen molar-refractivity contribution < 1.29 is 13.3 Å². The summed E-state index contributed by atoms with van der Waals surface area (Å²) in [7, 11) is 0. The molecular weight excluding hydrogens is 789 g/mol. The van der Waals surface area contributed by atoms with Gasteiger partial charge in [-0.2, -0.15) is 0 Å². The van der Waals surface area contributed by atoms with Gasteiger partial charge in [-0.3, -0.25) is 0 Å². The highest BCUT2D eigenvalue weighted by Crippen LogP contribution is 2.46. The topological polar surface area (TPSA) is 81.3 Å². The summed E-state index contributed by atoms with van der Waals surface area (Å²) in [6.45, 7) is 0. The fourth-order valence-corrected chi connectivity index (χ4v) is 9.11. The van der Waals surface area contributed by atoms with E-state index in [9.17, 15) is 0 Å². The molecular formula is C57H34N4O3. The summed E-state index contributed by atoms with van der Waals surface area (Å²) >= 11 is 0. The quantitative estimate of drug-likeness (QED) is 0.158. The lowest BCUT2D eigenvalue weighted by Gasteiger charge is -2.25. The van der Waals surface area contributed by atoms with Crippen molar-refractivity contribution in [1.82, 2.24) is 15.0 Å². The summed E-state index contributed by atoms with van der Waals surface area (Å²) in [4.78, 5) is 17.7. The molecule has 0 unspecified atom stereocenters. The van der Waals surface area contributed by atoms with E-state index in [2.05, 4.69) is 126 Å². The molecule has 0 fully saturated rings. The van der Waals surface area contributed by atoms with Crippen molar-refractivity contribution >= 4 is 82.9 Å². The van der Waals surface area contributed by atoms with E-state index in [4.69, 9.17) is 28.2 Å². The molecule has 4 heterocycles. The van der Waals surface area contributed by atoms with Gasteiger partial charge in [0.1, 0.15) is 27.9 Å². The Labute approximate surface area is 366 Å². The van der Waals surface area contributed by atoms with Gasteiger partial charge < -0.3 is 18.2 Å². The van der Waals surface area contributed by atoms with Gasteiger partial charge in [-0.15, -0.1) is 0 Å². The molecule has 4 aromatic heterocycles. The van der Waals surface area contributed by atoms with Gasteiger partial charge in [-0.25, -0.2) is 15.0 Å². The molecule has 64 heavy (non-hydrogen) atoms. The summed E-state index contributed by atoms with van der Waals surface area (Å²) in [6, 6.07) is 70.3. The molecule has 300 valence electrons. The van der Waals surface area contributed by atoms with Gasteiger partial charge in [0.05, 0.1) is 5.69 Å². The molecule has 7 heteroatoms. The van der Waals surface area contributed by atoms with Crippen LogP contribution in [-0.2, 0) is 0 Å². The predicted octanol–water partition coefficient (Wildman–Crippen LogP) is 15.7.